The van der Waals surface area contributed by atoms with Crippen LogP contribution in [0, 0.1) is 0 Å². The van der Waals surface area contributed by atoms with E-state index in [1.54, 1.807) is 12.4 Å². The monoisotopic (exact) mass is 562 g/mol. The number of imidazole rings is 1. The van der Waals surface area contributed by atoms with Crippen molar-refractivity contribution in [1.29, 1.82) is 0 Å². The predicted molar refractivity (Wildman–Crippen MR) is 168 cm³/mol. The fourth-order valence-corrected chi connectivity index (χ4v) is 5.61. The number of pyridine rings is 2. The van der Waals surface area contributed by atoms with Gasteiger partial charge in [0.15, 0.2) is 5.82 Å². The Balaban J connectivity index is 1.12. The summed E-state index contributed by atoms with van der Waals surface area (Å²) in [6, 6.07) is 21.9. The molecule has 6 heterocycles. The van der Waals surface area contributed by atoms with Crippen LogP contribution in [0.2, 0.25) is 0 Å². The standard InChI is InChI=1S/C34H26N8O/c43-28(14-20-6-2-1-3-7-20)38-24-15-23(18-36-19-24)21-10-11-27-26(16-21)29(31-34(39-27)41-31)32-40-30-25(22-8-4-12-35-17-22)9-5-13-37-33(30)42-32/h1-13,15-19,34,37,39,41H,14H2,(H,38,43)(H,40,42). The summed E-state index contributed by atoms with van der Waals surface area (Å²) in [7, 11) is 0. The van der Waals surface area contributed by atoms with Crippen LogP contribution in [0.5, 0.6) is 0 Å². The minimum Gasteiger partial charge on any atom is -0.360 e. The van der Waals surface area contributed by atoms with Crippen LogP contribution < -0.4 is 21.3 Å². The van der Waals surface area contributed by atoms with Gasteiger partial charge in [-0.05, 0) is 41.5 Å². The number of nitrogens with one attached hydrogen (secondary N) is 5. The van der Waals surface area contributed by atoms with Crippen LogP contribution in [0.15, 0.2) is 116 Å². The highest BCUT2D eigenvalue weighted by Gasteiger charge is 2.39. The van der Waals surface area contributed by atoms with Gasteiger partial charge in [0.1, 0.15) is 12.0 Å². The lowest BCUT2D eigenvalue weighted by atomic mass is 9.95. The minimum atomic E-state index is -0.0848. The van der Waals surface area contributed by atoms with Gasteiger partial charge in [0.05, 0.1) is 29.7 Å². The molecule has 9 nitrogen and oxygen atoms in total. The van der Waals surface area contributed by atoms with Gasteiger partial charge in [-0.2, -0.15) is 0 Å². The zero-order valence-electron chi connectivity index (χ0n) is 22.9. The largest absolute Gasteiger partial charge is 0.360 e. The molecule has 1 atom stereocenters. The maximum Gasteiger partial charge on any atom is 0.228 e. The predicted octanol–water partition coefficient (Wildman–Crippen LogP) is 5.53. The van der Waals surface area contributed by atoms with Gasteiger partial charge in [-0.3, -0.25) is 14.8 Å². The Morgan fingerprint density at radius 3 is 2.67 bits per heavy atom. The molecule has 43 heavy (non-hydrogen) atoms. The number of aromatic amines is 1. The number of anilines is 3. The highest BCUT2D eigenvalue weighted by molar-refractivity contribution is 5.96. The topological polar surface area (TPSA) is 130 Å². The molecule has 9 heteroatoms. The Kier molecular flexibility index (Phi) is 5.85. The average molecular weight is 563 g/mol. The fourth-order valence-electron chi connectivity index (χ4n) is 5.61. The van der Waals surface area contributed by atoms with Crippen molar-refractivity contribution in [2.75, 3.05) is 16.0 Å². The summed E-state index contributed by atoms with van der Waals surface area (Å²) in [5.74, 6) is 1.44. The molecule has 1 amide bonds. The lowest BCUT2D eigenvalue weighted by Crippen LogP contribution is -2.14. The summed E-state index contributed by atoms with van der Waals surface area (Å²) in [5.41, 5.74) is 10.6. The Hall–Kier alpha value is -5.96. The first-order chi connectivity index (χ1) is 21.2. The molecule has 8 rings (SSSR count). The van der Waals surface area contributed by atoms with E-state index in [2.05, 4.69) is 60.5 Å². The maximum atomic E-state index is 12.7. The van der Waals surface area contributed by atoms with Crippen molar-refractivity contribution in [3.8, 4) is 11.1 Å². The lowest BCUT2D eigenvalue weighted by Gasteiger charge is -2.18. The quantitative estimate of drug-likeness (QED) is 0.172. The first-order valence-electron chi connectivity index (χ1n) is 14.0. The van der Waals surface area contributed by atoms with E-state index in [-0.39, 0.29) is 12.1 Å². The summed E-state index contributed by atoms with van der Waals surface area (Å²) < 4.78 is 0. The normalized spacial score (nSPS) is 15.9. The van der Waals surface area contributed by atoms with E-state index < -0.39 is 0 Å². The van der Waals surface area contributed by atoms with Gasteiger partial charge < -0.3 is 26.3 Å². The summed E-state index contributed by atoms with van der Waals surface area (Å²) in [5, 5.41) is 13.3. The van der Waals surface area contributed by atoms with Gasteiger partial charge in [0, 0.05) is 58.3 Å². The Bertz CT molecular complexity index is 1970. The van der Waals surface area contributed by atoms with Gasteiger partial charge in [-0.25, -0.2) is 4.98 Å². The number of benzene rings is 2. The first kappa shape index (κ1) is 24.8. The van der Waals surface area contributed by atoms with Crippen molar-refractivity contribution in [3.05, 3.63) is 144 Å². The summed E-state index contributed by atoms with van der Waals surface area (Å²) >= 11 is 0. The van der Waals surface area contributed by atoms with Crippen LogP contribution in [0.25, 0.3) is 22.3 Å². The maximum absolute atomic E-state index is 12.7. The Labute approximate surface area is 247 Å². The number of fused-ring (bicyclic) bond motifs is 3. The fraction of sp³-hybridized carbons (Fsp3) is 0.0588. The molecule has 0 saturated carbocycles. The molecular formula is C34H26N8O. The van der Waals surface area contributed by atoms with E-state index in [9.17, 15) is 4.79 Å². The molecule has 0 aliphatic carbocycles. The van der Waals surface area contributed by atoms with Crippen LogP contribution >= 0.6 is 0 Å². The Morgan fingerprint density at radius 2 is 1.79 bits per heavy atom. The van der Waals surface area contributed by atoms with Gasteiger partial charge in [-0.15, -0.1) is 0 Å². The van der Waals surface area contributed by atoms with E-state index in [1.165, 1.54) is 0 Å². The first-order valence-corrected chi connectivity index (χ1v) is 14.0. The summed E-state index contributed by atoms with van der Waals surface area (Å²) in [6.07, 6.45) is 13.4. The molecule has 1 fully saturated rings. The number of rotatable bonds is 6. The molecule has 0 radical (unpaired) electrons. The van der Waals surface area contributed by atoms with E-state index in [0.717, 1.165) is 67.7 Å². The number of nitrogens with zero attached hydrogens (tertiary/aromatic N) is 3. The summed E-state index contributed by atoms with van der Waals surface area (Å²) in [4.78, 5) is 30.0. The van der Waals surface area contributed by atoms with Crippen LogP contribution in [-0.2, 0) is 11.2 Å². The summed E-state index contributed by atoms with van der Waals surface area (Å²) in [6.45, 7) is 0. The molecule has 208 valence electrons. The number of hydrogen-bond acceptors (Lipinski definition) is 7. The van der Waals surface area contributed by atoms with Gasteiger partial charge in [0.2, 0.25) is 5.91 Å². The Morgan fingerprint density at radius 1 is 0.884 bits per heavy atom. The number of carbonyl (C=O) groups is 1. The van der Waals surface area contributed by atoms with Crippen molar-refractivity contribution < 1.29 is 4.79 Å². The zero-order chi connectivity index (χ0) is 28.8. The second-order valence-electron chi connectivity index (χ2n) is 10.6. The van der Waals surface area contributed by atoms with Crippen LogP contribution in [0.3, 0.4) is 0 Å². The number of H-pyrrole nitrogens is 1. The molecule has 1 saturated heterocycles. The molecule has 0 spiro atoms. The minimum absolute atomic E-state index is 0.0734. The van der Waals surface area contributed by atoms with E-state index in [1.807, 2.05) is 73.2 Å². The number of hydrogen-bond donors (Lipinski definition) is 5. The van der Waals surface area contributed by atoms with Crippen molar-refractivity contribution in [2.24, 2.45) is 0 Å². The second kappa shape index (κ2) is 10.1. The van der Waals surface area contributed by atoms with Crippen LogP contribution in [0.4, 0.5) is 17.2 Å². The molecular weight excluding hydrogens is 536 g/mol. The highest BCUT2D eigenvalue weighted by atomic mass is 16.1. The van der Waals surface area contributed by atoms with Gasteiger partial charge in [0.25, 0.3) is 0 Å². The van der Waals surface area contributed by atoms with Crippen molar-refractivity contribution >= 4 is 34.2 Å². The average Bonchev–Trinajstić information content (AvgIpc) is 3.74. The van der Waals surface area contributed by atoms with Crippen molar-refractivity contribution in [2.45, 2.75) is 12.6 Å². The third kappa shape index (κ3) is 4.72. The smallest absolute Gasteiger partial charge is 0.228 e. The van der Waals surface area contributed by atoms with Gasteiger partial charge >= 0.3 is 0 Å². The van der Waals surface area contributed by atoms with Gasteiger partial charge in [-0.1, -0.05) is 48.5 Å². The van der Waals surface area contributed by atoms with Crippen LogP contribution in [-0.4, -0.2) is 32.0 Å². The highest BCUT2D eigenvalue weighted by Crippen LogP contribution is 2.44. The number of amides is 1. The molecule has 2 aromatic carbocycles. The zero-order valence-corrected chi connectivity index (χ0v) is 22.9. The molecule has 1 unspecified atom stereocenters. The van der Waals surface area contributed by atoms with Crippen molar-refractivity contribution in [1.82, 2.24) is 25.3 Å². The number of aromatic nitrogens is 4. The van der Waals surface area contributed by atoms with Crippen LogP contribution in [0.1, 0.15) is 28.2 Å². The number of allylic oxidation sites excluding steroid dienone is 2. The third-order valence-corrected chi connectivity index (χ3v) is 7.69. The molecule has 3 aliphatic rings. The molecule has 5 N–H and O–H groups in total. The SMILES string of the molecule is O=C(Cc1ccccc1)Nc1cncc(-c2ccc3c(c2)C(c2nc4c([nH]2)C(c2cccnc2)=CC=CN4)=C2NC2N3)c1. The van der Waals surface area contributed by atoms with E-state index >= 15 is 0 Å². The second-order valence-corrected chi connectivity index (χ2v) is 10.6. The third-order valence-electron chi connectivity index (χ3n) is 7.69. The number of carbonyl (C=O) groups excluding carboxylic acids is 1. The molecule has 3 aliphatic heterocycles. The molecule has 0 bridgehead atoms. The molecule has 3 aromatic heterocycles. The van der Waals surface area contributed by atoms with Crippen molar-refractivity contribution in [3.63, 3.8) is 0 Å². The van der Waals surface area contributed by atoms with E-state index in [0.29, 0.717) is 12.1 Å². The molecule has 5 aromatic rings. The van der Waals surface area contributed by atoms with E-state index in [4.69, 9.17) is 4.98 Å². The lowest BCUT2D eigenvalue weighted by molar-refractivity contribution is -0.115.